The molecular formula is C22H27N5O2. The van der Waals surface area contributed by atoms with Crippen LogP contribution in [0.4, 0.5) is 5.69 Å². The van der Waals surface area contributed by atoms with Gasteiger partial charge in [0.05, 0.1) is 17.1 Å². The van der Waals surface area contributed by atoms with Crippen molar-refractivity contribution < 1.29 is 4.79 Å². The second-order valence-electron chi connectivity index (χ2n) is 7.81. The predicted molar refractivity (Wildman–Crippen MR) is 115 cm³/mol. The summed E-state index contributed by atoms with van der Waals surface area (Å²) >= 11 is 0. The normalized spacial score (nSPS) is 16.8. The van der Waals surface area contributed by atoms with Gasteiger partial charge < -0.3 is 15.3 Å². The van der Waals surface area contributed by atoms with Gasteiger partial charge in [-0.25, -0.2) is 4.79 Å². The molecule has 0 bridgehead atoms. The van der Waals surface area contributed by atoms with E-state index in [1.54, 1.807) is 18.2 Å². The highest BCUT2D eigenvalue weighted by Gasteiger charge is 2.25. The maximum Gasteiger partial charge on any atom is 0.323 e. The van der Waals surface area contributed by atoms with Crippen LogP contribution in [0.1, 0.15) is 18.1 Å². The first-order valence-electron chi connectivity index (χ1n) is 10.0. The molecule has 7 heteroatoms. The van der Waals surface area contributed by atoms with Crippen molar-refractivity contribution in [2.75, 3.05) is 31.5 Å². The number of amides is 1. The molecule has 0 radical (unpaired) electrons. The topological polar surface area (TPSA) is 84.2 Å². The number of rotatable bonds is 5. The third-order valence-corrected chi connectivity index (χ3v) is 5.61. The lowest BCUT2D eigenvalue weighted by atomic mass is 10.1. The smallest absolute Gasteiger partial charge is 0.323 e. The van der Waals surface area contributed by atoms with Gasteiger partial charge in [-0.15, -0.1) is 0 Å². The van der Waals surface area contributed by atoms with E-state index in [0.29, 0.717) is 11.2 Å². The van der Waals surface area contributed by atoms with Gasteiger partial charge in [-0.05, 0) is 37.6 Å². The van der Waals surface area contributed by atoms with Gasteiger partial charge in [0.15, 0.2) is 0 Å². The van der Waals surface area contributed by atoms with Crippen LogP contribution in [0.2, 0.25) is 0 Å². The Morgan fingerprint density at radius 1 is 1.07 bits per heavy atom. The van der Waals surface area contributed by atoms with Crippen molar-refractivity contribution >= 4 is 22.6 Å². The zero-order valence-electron chi connectivity index (χ0n) is 16.9. The van der Waals surface area contributed by atoms with Crippen molar-refractivity contribution in [3.63, 3.8) is 0 Å². The Morgan fingerprint density at radius 2 is 1.83 bits per heavy atom. The molecule has 7 nitrogen and oxygen atoms in total. The molecule has 1 atom stereocenters. The summed E-state index contributed by atoms with van der Waals surface area (Å²) in [6.07, 6.45) is 0. The van der Waals surface area contributed by atoms with E-state index in [1.807, 2.05) is 6.92 Å². The zero-order chi connectivity index (χ0) is 20.4. The minimum atomic E-state index is -0.250. The summed E-state index contributed by atoms with van der Waals surface area (Å²) < 4.78 is 0. The van der Waals surface area contributed by atoms with Gasteiger partial charge in [0.2, 0.25) is 5.91 Å². The molecule has 0 saturated carbocycles. The van der Waals surface area contributed by atoms with Gasteiger partial charge >= 0.3 is 5.69 Å². The number of carbonyl (C=O) groups is 1. The highest BCUT2D eigenvalue weighted by atomic mass is 16.2. The fraction of sp³-hybridized carbons (Fsp3) is 0.364. The Bertz CT molecular complexity index is 1060. The van der Waals surface area contributed by atoms with Crippen molar-refractivity contribution in [2.24, 2.45) is 0 Å². The van der Waals surface area contributed by atoms with E-state index in [-0.39, 0.29) is 17.6 Å². The maximum absolute atomic E-state index is 12.7. The zero-order valence-corrected chi connectivity index (χ0v) is 16.9. The van der Waals surface area contributed by atoms with Gasteiger partial charge in [-0.1, -0.05) is 29.8 Å². The number of piperazine rings is 1. The Kier molecular flexibility index (Phi) is 5.51. The minimum Gasteiger partial charge on any atom is -0.325 e. The molecule has 2 heterocycles. The van der Waals surface area contributed by atoms with E-state index in [1.165, 1.54) is 11.1 Å². The average molecular weight is 393 g/mol. The predicted octanol–water partition coefficient (Wildman–Crippen LogP) is 2.31. The Labute approximate surface area is 169 Å². The molecule has 1 unspecified atom stereocenters. The number of nitrogens with zero attached hydrogens (tertiary/aromatic N) is 2. The monoisotopic (exact) mass is 393 g/mol. The number of nitrogens with one attached hydrogen (secondary N) is 3. The van der Waals surface area contributed by atoms with Crippen LogP contribution in [0.25, 0.3) is 11.0 Å². The fourth-order valence-electron chi connectivity index (χ4n) is 3.90. The van der Waals surface area contributed by atoms with Crippen molar-refractivity contribution in [1.82, 2.24) is 19.8 Å². The fourth-order valence-corrected chi connectivity index (χ4v) is 3.90. The summed E-state index contributed by atoms with van der Waals surface area (Å²) in [6, 6.07) is 13.8. The molecule has 1 aliphatic rings. The summed E-state index contributed by atoms with van der Waals surface area (Å²) in [5, 5.41) is 2.97. The van der Waals surface area contributed by atoms with Crippen LogP contribution in [0, 0.1) is 6.92 Å². The SMILES string of the molecule is Cc1cccc(CN2CCN(C(C)C(=O)Nc3ccc4[nH]c(=O)[nH]c4c3)CC2)c1. The van der Waals surface area contributed by atoms with Crippen LogP contribution in [0.3, 0.4) is 0 Å². The number of hydrogen-bond acceptors (Lipinski definition) is 4. The van der Waals surface area contributed by atoms with Gasteiger partial charge in [-0.3, -0.25) is 14.6 Å². The molecule has 3 aromatic rings. The first kappa shape index (κ1) is 19.4. The van der Waals surface area contributed by atoms with E-state index in [4.69, 9.17) is 0 Å². The van der Waals surface area contributed by atoms with E-state index in [0.717, 1.165) is 38.2 Å². The Hall–Kier alpha value is -2.90. The number of aryl methyl sites for hydroxylation is 1. The molecule has 0 aliphatic carbocycles. The summed E-state index contributed by atoms with van der Waals surface area (Å²) in [6.45, 7) is 8.64. The summed E-state index contributed by atoms with van der Waals surface area (Å²) in [5.74, 6) is -0.0330. The standard InChI is InChI=1S/C22H27N5O2/c1-15-4-3-5-17(12-15)14-26-8-10-27(11-9-26)16(2)21(28)23-18-6-7-19-20(13-18)25-22(29)24-19/h3-7,12-13,16H,8-11,14H2,1-2H3,(H,23,28)(H2,24,25,29). The van der Waals surface area contributed by atoms with E-state index >= 15 is 0 Å². The quantitative estimate of drug-likeness (QED) is 0.621. The molecule has 0 spiro atoms. The van der Waals surface area contributed by atoms with Gasteiger partial charge in [-0.2, -0.15) is 0 Å². The number of benzene rings is 2. The third-order valence-electron chi connectivity index (χ3n) is 5.61. The van der Waals surface area contributed by atoms with Crippen LogP contribution in [0.15, 0.2) is 47.3 Å². The van der Waals surface area contributed by atoms with Crippen LogP contribution in [-0.2, 0) is 11.3 Å². The first-order chi connectivity index (χ1) is 14.0. The summed E-state index contributed by atoms with van der Waals surface area (Å²) in [4.78, 5) is 34.2. The van der Waals surface area contributed by atoms with Gasteiger partial charge in [0.25, 0.3) is 0 Å². The van der Waals surface area contributed by atoms with Crippen molar-refractivity contribution in [3.05, 3.63) is 64.1 Å². The molecule has 1 fully saturated rings. The molecule has 152 valence electrons. The van der Waals surface area contributed by atoms with Gasteiger partial charge in [0, 0.05) is 38.4 Å². The molecule has 1 aliphatic heterocycles. The molecule has 1 aromatic heterocycles. The second kappa shape index (κ2) is 8.23. The van der Waals surface area contributed by atoms with E-state index < -0.39 is 0 Å². The maximum atomic E-state index is 12.7. The molecule has 1 saturated heterocycles. The minimum absolute atomic E-state index is 0.0330. The lowest BCUT2D eigenvalue weighted by Crippen LogP contribution is -2.52. The second-order valence-corrected chi connectivity index (χ2v) is 7.81. The van der Waals surface area contributed by atoms with Crippen molar-refractivity contribution in [2.45, 2.75) is 26.4 Å². The third kappa shape index (κ3) is 4.58. The summed E-state index contributed by atoms with van der Waals surface area (Å²) in [7, 11) is 0. The molecule has 3 N–H and O–H groups in total. The van der Waals surface area contributed by atoms with Crippen LogP contribution in [-0.4, -0.2) is 57.9 Å². The number of anilines is 1. The largest absolute Gasteiger partial charge is 0.325 e. The number of hydrogen-bond donors (Lipinski definition) is 3. The number of carbonyl (C=O) groups excluding carboxylic acids is 1. The highest BCUT2D eigenvalue weighted by molar-refractivity contribution is 5.96. The number of aromatic amines is 2. The van der Waals surface area contributed by atoms with Gasteiger partial charge in [0.1, 0.15) is 0 Å². The Balaban J connectivity index is 1.31. The van der Waals surface area contributed by atoms with E-state index in [2.05, 4.69) is 56.3 Å². The van der Waals surface area contributed by atoms with Crippen LogP contribution in [0.5, 0.6) is 0 Å². The Morgan fingerprint density at radius 3 is 2.59 bits per heavy atom. The number of H-pyrrole nitrogens is 2. The molecule has 1 amide bonds. The first-order valence-corrected chi connectivity index (χ1v) is 10.0. The number of imidazole rings is 1. The van der Waals surface area contributed by atoms with Crippen molar-refractivity contribution in [1.29, 1.82) is 0 Å². The molecule has 29 heavy (non-hydrogen) atoms. The number of aromatic nitrogens is 2. The van der Waals surface area contributed by atoms with E-state index in [9.17, 15) is 9.59 Å². The summed E-state index contributed by atoms with van der Waals surface area (Å²) in [5.41, 5.74) is 4.47. The lowest BCUT2D eigenvalue weighted by molar-refractivity contribution is -0.121. The molecule has 2 aromatic carbocycles. The highest BCUT2D eigenvalue weighted by Crippen LogP contribution is 2.16. The van der Waals surface area contributed by atoms with Crippen molar-refractivity contribution in [3.8, 4) is 0 Å². The lowest BCUT2D eigenvalue weighted by Gasteiger charge is -2.37. The number of fused-ring (bicyclic) bond motifs is 1. The molecule has 4 rings (SSSR count). The average Bonchev–Trinajstić information content (AvgIpc) is 3.07. The van der Waals surface area contributed by atoms with Crippen LogP contribution >= 0.6 is 0 Å². The molecular weight excluding hydrogens is 366 g/mol. The van der Waals surface area contributed by atoms with Crippen LogP contribution < -0.4 is 11.0 Å².